The molecule has 0 aliphatic heterocycles. The monoisotopic (exact) mass is 353 g/mol. The molecule has 0 bridgehead atoms. The smallest absolute Gasteiger partial charge is 0.306 e. The molecule has 0 unspecified atom stereocenters. The lowest BCUT2D eigenvalue weighted by Crippen LogP contribution is -2.46. The van der Waals surface area contributed by atoms with Crippen LogP contribution in [0.2, 0.25) is 0 Å². The highest BCUT2D eigenvalue weighted by molar-refractivity contribution is 5.83. The molecule has 0 saturated heterocycles. The molecular formula is C20H23N3O3. The average molecular weight is 353 g/mol. The third-order valence-electron chi connectivity index (χ3n) is 4.92. The molecule has 1 aromatic heterocycles. The van der Waals surface area contributed by atoms with Crippen LogP contribution in [-0.4, -0.2) is 29.0 Å². The SMILES string of the molecule is N#CC1(NC(=O)COC(=O)CCCc2c[nH]c3ccccc23)CCCC1. The average Bonchev–Trinajstić information content (AvgIpc) is 3.28. The Hall–Kier alpha value is -2.81. The van der Waals surface area contributed by atoms with Crippen LogP contribution in [-0.2, 0) is 20.7 Å². The summed E-state index contributed by atoms with van der Waals surface area (Å²) in [5.74, 6) is -0.796. The number of nitrogens with one attached hydrogen (secondary N) is 2. The molecule has 1 aromatic carbocycles. The lowest BCUT2D eigenvalue weighted by Gasteiger charge is -2.21. The maximum Gasteiger partial charge on any atom is 0.306 e. The Balaban J connectivity index is 1.39. The van der Waals surface area contributed by atoms with E-state index in [-0.39, 0.29) is 13.0 Å². The predicted octanol–water partition coefficient (Wildman–Crippen LogP) is 2.99. The summed E-state index contributed by atoms with van der Waals surface area (Å²) < 4.78 is 5.04. The van der Waals surface area contributed by atoms with E-state index in [1.807, 2.05) is 24.4 Å². The maximum absolute atomic E-state index is 11.9. The number of carbonyl (C=O) groups excluding carboxylic acids is 2. The number of nitriles is 1. The van der Waals surface area contributed by atoms with Gasteiger partial charge in [-0.1, -0.05) is 18.2 Å². The first-order chi connectivity index (χ1) is 12.6. The van der Waals surface area contributed by atoms with Crippen LogP contribution in [0.3, 0.4) is 0 Å². The summed E-state index contributed by atoms with van der Waals surface area (Å²) in [6, 6.07) is 10.2. The van der Waals surface area contributed by atoms with Crippen molar-refractivity contribution in [1.29, 1.82) is 5.26 Å². The predicted molar refractivity (Wildman–Crippen MR) is 97.2 cm³/mol. The van der Waals surface area contributed by atoms with Crippen LogP contribution in [0, 0.1) is 11.3 Å². The first-order valence-corrected chi connectivity index (χ1v) is 9.05. The van der Waals surface area contributed by atoms with Gasteiger partial charge in [-0.2, -0.15) is 5.26 Å². The number of rotatable bonds is 7. The summed E-state index contributed by atoms with van der Waals surface area (Å²) in [4.78, 5) is 27.0. The van der Waals surface area contributed by atoms with Crippen molar-refractivity contribution in [2.24, 2.45) is 0 Å². The number of nitrogens with zero attached hydrogens (tertiary/aromatic N) is 1. The summed E-state index contributed by atoms with van der Waals surface area (Å²) >= 11 is 0. The van der Waals surface area contributed by atoms with Crippen molar-refractivity contribution in [3.05, 3.63) is 36.0 Å². The number of amides is 1. The van der Waals surface area contributed by atoms with Crippen molar-refractivity contribution >= 4 is 22.8 Å². The number of H-pyrrole nitrogens is 1. The van der Waals surface area contributed by atoms with Crippen LogP contribution < -0.4 is 5.32 Å². The number of carbonyl (C=O) groups is 2. The normalized spacial score (nSPS) is 15.5. The van der Waals surface area contributed by atoms with Gasteiger partial charge in [0.15, 0.2) is 6.61 Å². The van der Waals surface area contributed by atoms with E-state index in [0.29, 0.717) is 19.3 Å². The van der Waals surface area contributed by atoms with Gasteiger partial charge in [-0.05, 0) is 50.2 Å². The van der Waals surface area contributed by atoms with Crippen molar-refractivity contribution in [3.8, 4) is 6.07 Å². The molecule has 6 nitrogen and oxygen atoms in total. The zero-order valence-electron chi connectivity index (χ0n) is 14.7. The molecule has 1 fully saturated rings. The van der Waals surface area contributed by atoms with Crippen molar-refractivity contribution < 1.29 is 14.3 Å². The molecule has 1 saturated carbocycles. The third kappa shape index (κ3) is 4.23. The second-order valence-corrected chi connectivity index (χ2v) is 6.82. The topological polar surface area (TPSA) is 95.0 Å². The van der Waals surface area contributed by atoms with E-state index in [1.165, 1.54) is 10.9 Å². The van der Waals surface area contributed by atoms with Crippen LogP contribution in [0.25, 0.3) is 10.9 Å². The molecule has 0 spiro atoms. The van der Waals surface area contributed by atoms with E-state index in [1.54, 1.807) is 0 Å². The quantitative estimate of drug-likeness (QED) is 0.748. The fourth-order valence-electron chi connectivity index (χ4n) is 3.53. The Morgan fingerprint density at radius 2 is 2.04 bits per heavy atom. The van der Waals surface area contributed by atoms with Crippen molar-refractivity contribution in [3.63, 3.8) is 0 Å². The Morgan fingerprint density at radius 3 is 2.81 bits per heavy atom. The molecule has 3 rings (SSSR count). The zero-order valence-corrected chi connectivity index (χ0v) is 14.7. The molecule has 26 heavy (non-hydrogen) atoms. The highest BCUT2D eigenvalue weighted by atomic mass is 16.5. The number of hydrogen-bond donors (Lipinski definition) is 2. The van der Waals surface area contributed by atoms with Gasteiger partial charge in [-0.15, -0.1) is 0 Å². The lowest BCUT2D eigenvalue weighted by molar-refractivity contribution is -0.149. The number of ether oxygens (including phenoxy) is 1. The van der Waals surface area contributed by atoms with Gasteiger partial charge in [0.05, 0.1) is 6.07 Å². The number of esters is 1. The minimum atomic E-state index is -0.779. The van der Waals surface area contributed by atoms with Gasteiger partial charge in [0.2, 0.25) is 0 Å². The molecule has 6 heteroatoms. The van der Waals surface area contributed by atoms with E-state index in [2.05, 4.69) is 22.4 Å². The van der Waals surface area contributed by atoms with Crippen molar-refractivity contribution in [2.45, 2.75) is 50.5 Å². The van der Waals surface area contributed by atoms with Gasteiger partial charge in [-0.3, -0.25) is 9.59 Å². The molecule has 1 aliphatic carbocycles. The third-order valence-corrected chi connectivity index (χ3v) is 4.92. The van der Waals surface area contributed by atoms with Gasteiger partial charge in [0.1, 0.15) is 5.54 Å². The molecule has 1 amide bonds. The lowest BCUT2D eigenvalue weighted by atomic mass is 10.00. The second kappa shape index (κ2) is 8.05. The summed E-state index contributed by atoms with van der Waals surface area (Å²) in [6.07, 6.45) is 6.83. The van der Waals surface area contributed by atoms with Gasteiger partial charge in [0, 0.05) is 23.5 Å². The Kier molecular flexibility index (Phi) is 5.57. The van der Waals surface area contributed by atoms with Crippen LogP contribution in [0.1, 0.15) is 44.1 Å². The van der Waals surface area contributed by atoms with Crippen molar-refractivity contribution in [2.75, 3.05) is 6.61 Å². The Bertz CT molecular complexity index is 828. The minimum Gasteiger partial charge on any atom is -0.456 e. The van der Waals surface area contributed by atoms with Crippen LogP contribution >= 0.6 is 0 Å². The fraction of sp³-hybridized carbons (Fsp3) is 0.450. The standard InChI is InChI=1S/C20H23N3O3/c21-14-20(10-3-4-11-20)23-18(24)13-26-19(25)9-5-6-15-12-22-17-8-2-1-7-16(15)17/h1-2,7-8,12,22H,3-6,9-11,13H2,(H,23,24). The first-order valence-electron chi connectivity index (χ1n) is 9.05. The van der Waals surface area contributed by atoms with Gasteiger partial charge >= 0.3 is 5.97 Å². The number of aromatic amines is 1. The number of hydrogen-bond acceptors (Lipinski definition) is 4. The number of para-hydroxylation sites is 1. The van der Waals surface area contributed by atoms with E-state index < -0.39 is 17.4 Å². The van der Waals surface area contributed by atoms with E-state index in [9.17, 15) is 14.9 Å². The van der Waals surface area contributed by atoms with E-state index in [0.717, 1.165) is 24.8 Å². The second-order valence-electron chi connectivity index (χ2n) is 6.82. The number of fused-ring (bicyclic) bond motifs is 1. The van der Waals surface area contributed by atoms with E-state index >= 15 is 0 Å². The van der Waals surface area contributed by atoms with Crippen molar-refractivity contribution in [1.82, 2.24) is 10.3 Å². The summed E-state index contributed by atoms with van der Waals surface area (Å²) in [6.45, 7) is -0.324. The molecule has 0 atom stereocenters. The fourth-order valence-corrected chi connectivity index (χ4v) is 3.53. The molecule has 0 radical (unpaired) electrons. The first kappa shape index (κ1) is 18.0. The molecule has 1 aliphatic rings. The molecular weight excluding hydrogens is 330 g/mol. The molecule has 2 aromatic rings. The molecule has 1 heterocycles. The zero-order chi connectivity index (χ0) is 18.4. The number of aromatic nitrogens is 1. The van der Waals surface area contributed by atoms with E-state index in [4.69, 9.17) is 4.74 Å². The summed E-state index contributed by atoms with van der Waals surface area (Å²) in [7, 11) is 0. The highest BCUT2D eigenvalue weighted by Crippen LogP contribution is 2.28. The van der Waals surface area contributed by atoms with Crippen LogP contribution in [0.4, 0.5) is 0 Å². The van der Waals surface area contributed by atoms with Gasteiger partial charge in [0.25, 0.3) is 5.91 Å². The number of benzene rings is 1. The van der Waals surface area contributed by atoms with Gasteiger partial charge < -0.3 is 15.0 Å². The largest absolute Gasteiger partial charge is 0.456 e. The number of aryl methyl sites for hydroxylation is 1. The Morgan fingerprint density at radius 1 is 1.27 bits per heavy atom. The maximum atomic E-state index is 11.9. The van der Waals surface area contributed by atoms with Crippen LogP contribution in [0.15, 0.2) is 30.5 Å². The Labute approximate surface area is 152 Å². The summed E-state index contributed by atoms with van der Waals surface area (Å²) in [5, 5.41) is 13.1. The summed E-state index contributed by atoms with van der Waals surface area (Å²) in [5.41, 5.74) is 1.47. The van der Waals surface area contributed by atoms with Crippen LogP contribution in [0.5, 0.6) is 0 Å². The molecule has 2 N–H and O–H groups in total. The van der Waals surface area contributed by atoms with Gasteiger partial charge in [-0.25, -0.2) is 0 Å². The minimum absolute atomic E-state index is 0.260. The molecule has 136 valence electrons. The highest BCUT2D eigenvalue weighted by Gasteiger charge is 2.35.